The Balaban J connectivity index is 1.56. The maximum absolute atomic E-state index is 13.7. The highest BCUT2D eigenvalue weighted by molar-refractivity contribution is 6.32. The lowest BCUT2D eigenvalue weighted by Crippen LogP contribution is -2.44. The lowest BCUT2D eigenvalue weighted by molar-refractivity contribution is 0.579. The van der Waals surface area contributed by atoms with E-state index in [-0.39, 0.29) is 18.2 Å². The van der Waals surface area contributed by atoms with Crippen LogP contribution in [0.4, 0.5) is 14.6 Å². The maximum atomic E-state index is 13.7. The molecule has 2 heterocycles. The molecule has 0 radical (unpaired) electrons. The minimum Gasteiger partial charge on any atom is -0.353 e. The molecule has 1 aromatic carbocycles. The Bertz CT molecular complexity index is 799. The number of rotatable bonds is 4. The summed E-state index contributed by atoms with van der Waals surface area (Å²) in [6.07, 6.45) is 2.61. The Morgan fingerprint density at radius 1 is 1.38 bits per heavy atom. The first kappa shape index (κ1) is 18.4. The molecule has 0 saturated carbocycles. The van der Waals surface area contributed by atoms with Gasteiger partial charge in [-0.05, 0) is 36.8 Å². The molecule has 0 aliphatic carbocycles. The average molecular weight is 380 g/mol. The fourth-order valence-corrected chi connectivity index (χ4v) is 3.17. The third-order valence-corrected chi connectivity index (χ3v) is 4.54. The third kappa shape index (κ3) is 4.40. The van der Waals surface area contributed by atoms with Gasteiger partial charge < -0.3 is 15.5 Å². The van der Waals surface area contributed by atoms with Crippen LogP contribution in [0.2, 0.25) is 5.02 Å². The number of nitrogens with one attached hydrogen (secondary N) is 2. The smallest absolute Gasteiger partial charge is 0.191 e. The number of benzene rings is 1. The number of hydrogen-bond acceptors (Lipinski definition) is 3. The minimum absolute atomic E-state index is 0.145. The van der Waals surface area contributed by atoms with Gasteiger partial charge in [-0.2, -0.15) is 0 Å². The van der Waals surface area contributed by atoms with E-state index in [1.165, 1.54) is 6.07 Å². The Kier molecular flexibility index (Phi) is 5.88. The summed E-state index contributed by atoms with van der Waals surface area (Å²) < 4.78 is 27.0. The summed E-state index contributed by atoms with van der Waals surface area (Å²) in [7, 11) is 1.64. The second kappa shape index (κ2) is 8.31. The van der Waals surface area contributed by atoms with E-state index in [2.05, 4.69) is 25.5 Å². The highest BCUT2D eigenvalue weighted by Gasteiger charge is 2.25. The lowest BCUT2D eigenvalue weighted by atomic mass is 10.2. The number of anilines is 1. The minimum atomic E-state index is -0.468. The molecule has 2 N–H and O–H groups in total. The maximum Gasteiger partial charge on any atom is 0.191 e. The van der Waals surface area contributed by atoms with Gasteiger partial charge in [-0.3, -0.25) is 4.99 Å². The van der Waals surface area contributed by atoms with E-state index in [1.807, 2.05) is 6.07 Å². The number of aromatic nitrogens is 1. The van der Waals surface area contributed by atoms with Crippen LogP contribution in [0.1, 0.15) is 12.0 Å². The summed E-state index contributed by atoms with van der Waals surface area (Å²) in [5.74, 6) is 0.381. The molecule has 1 atom stereocenters. The Morgan fingerprint density at radius 2 is 2.23 bits per heavy atom. The first-order chi connectivity index (χ1) is 12.6. The molecule has 0 amide bonds. The quantitative estimate of drug-likeness (QED) is 0.633. The van der Waals surface area contributed by atoms with Crippen LogP contribution in [-0.2, 0) is 6.54 Å². The van der Waals surface area contributed by atoms with Crippen LogP contribution in [0.5, 0.6) is 0 Å². The first-order valence-corrected chi connectivity index (χ1v) is 8.71. The zero-order chi connectivity index (χ0) is 18.5. The van der Waals surface area contributed by atoms with Crippen LogP contribution in [-0.4, -0.2) is 37.1 Å². The van der Waals surface area contributed by atoms with Gasteiger partial charge in [0.15, 0.2) is 5.96 Å². The summed E-state index contributed by atoms with van der Waals surface area (Å²) in [5.41, 5.74) is 0.251. The molecule has 1 aliphatic rings. The lowest BCUT2D eigenvalue weighted by Gasteiger charge is -2.20. The highest BCUT2D eigenvalue weighted by Crippen LogP contribution is 2.25. The van der Waals surface area contributed by atoms with Crippen molar-refractivity contribution in [2.45, 2.75) is 19.0 Å². The van der Waals surface area contributed by atoms with Crippen LogP contribution >= 0.6 is 11.6 Å². The van der Waals surface area contributed by atoms with E-state index < -0.39 is 11.6 Å². The summed E-state index contributed by atoms with van der Waals surface area (Å²) in [6, 6.07) is 7.16. The van der Waals surface area contributed by atoms with Crippen molar-refractivity contribution >= 4 is 23.4 Å². The molecule has 1 aliphatic heterocycles. The van der Waals surface area contributed by atoms with Gasteiger partial charge in [-0.25, -0.2) is 13.8 Å². The fourth-order valence-electron chi connectivity index (χ4n) is 2.93. The van der Waals surface area contributed by atoms with E-state index in [1.54, 1.807) is 19.3 Å². The molecule has 138 valence electrons. The normalized spacial score (nSPS) is 17.5. The van der Waals surface area contributed by atoms with E-state index in [0.29, 0.717) is 11.0 Å². The van der Waals surface area contributed by atoms with E-state index in [4.69, 9.17) is 11.6 Å². The summed E-state index contributed by atoms with van der Waals surface area (Å²) in [5, 5.41) is 6.94. The molecule has 0 spiro atoms. The van der Waals surface area contributed by atoms with E-state index in [9.17, 15) is 8.78 Å². The Hall–Kier alpha value is -2.41. The van der Waals surface area contributed by atoms with Crippen LogP contribution in [0.15, 0.2) is 41.5 Å². The van der Waals surface area contributed by atoms with Crippen molar-refractivity contribution < 1.29 is 8.78 Å². The van der Waals surface area contributed by atoms with Crippen LogP contribution < -0.4 is 15.5 Å². The number of hydrogen-bond donors (Lipinski definition) is 2. The molecule has 0 bridgehead atoms. The average Bonchev–Trinajstić information content (AvgIpc) is 3.10. The van der Waals surface area contributed by atoms with Gasteiger partial charge in [0.2, 0.25) is 0 Å². The first-order valence-electron chi connectivity index (χ1n) is 8.33. The molecular formula is C18H20ClF2N5. The molecule has 3 rings (SSSR count). The van der Waals surface area contributed by atoms with E-state index in [0.717, 1.165) is 37.5 Å². The fraction of sp³-hybridized carbons (Fsp3) is 0.333. The standard InChI is InChI=1S/C18H20ClF2N5/c1-22-18(24-10-12-9-13(20)4-5-16(12)21)25-14-6-8-26(11-14)17-15(19)3-2-7-23-17/h2-5,7,9,14H,6,8,10-11H2,1H3,(H2,22,24,25). The second-order valence-corrected chi connectivity index (χ2v) is 6.45. The zero-order valence-electron chi connectivity index (χ0n) is 14.3. The Labute approximate surface area is 156 Å². The summed E-state index contributed by atoms with van der Waals surface area (Å²) in [4.78, 5) is 10.6. The van der Waals surface area contributed by atoms with Gasteiger partial charge in [-0.1, -0.05) is 11.6 Å². The predicted molar refractivity (Wildman–Crippen MR) is 99.6 cm³/mol. The molecule has 8 heteroatoms. The topological polar surface area (TPSA) is 52.6 Å². The monoisotopic (exact) mass is 379 g/mol. The van der Waals surface area contributed by atoms with Gasteiger partial charge in [0, 0.05) is 44.5 Å². The SMILES string of the molecule is CN=C(NCc1cc(F)ccc1F)NC1CCN(c2ncccc2Cl)C1. The van der Waals surface area contributed by atoms with Gasteiger partial charge >= 0.3 is 0 Å². The third-order valence-electron chi connectivity index (χ3n) is 4.25. The molecule has 1 fully saturated rings. The van der Waals surface area contributed by atoms with Crippen molar-refractivity contribution in [1.82, 2.24) is 15.6 Å². The van der Waals surface area contributed by atoms with Gasteiger partial charge in [0.1, 0.15) is 17.5 Å². The van der Waals surface area contributed by atoms with Gasteiger partial charge in [-0.15, -0.1) is 0 Å². The molecule has 5 nitrogen and oxygen atoms in total. The van der Waals surface area contributed by atoms with Crippen molar-refractivity contribution in [3.63, 3.8) is 0 Å². The second-order valence-electron chi connectivity index (χ2n) is 6.05. The van der Waals surface area contributed by atoms with Crippen molar-refractivity contribution in [1.29, 1.82) is 0 Å². The molecular weight excluding hydrogens is 360 g/mol. The van der Waals surface area contributed by atoms with Gasteiger partial charge in [0.25, 0.3) is 0 Å². The van der Waals surface area contributed by atoms with Crippen molar-refractivity contribution in [2.24, 2.45) is 4.99 Å². The van der Waals surface area contributed by atoms with Crippen molar-refractivity contribution in [3.05, 3.63) is 58.7 Å². The zero-order valence-corrected chi connectivity index (χ0v) is 15.1. The molecule has 26 heavy (non-hydrogen) atoms. The highest BCUT2D eigenvalue weighted by atomic mass is 35.5. The molecule has 2 aromatic rings. The number of pyridine rings is 1. The number of nitrogens with zero attached hydrogens (tertiary/aromatic N) is 3. The van der Waals surface area contributed by atoms with Crippen LogP contribution in [0.3, 0.4) is 0 Å². The van der Waals surface area contributed by atoms with E-state index >= 15 is 0 Å². The Morgan fingerprint density at radius 3 is 3.00 bits per heavy atom. The summed E-state index contributed by atoms with van der Waals surface area (Å²) >= 11 is 6.20. The molecule has 1 saturated heterocycles. The molecule has 1 unspecified atom stereocenters. The largest absolute Gasteiger partial charge is 0.353 e. The number of guanidine groups is 1. The van der Waals surface area contributed by atoms with Crippen LogP contribution in [0, 0.1) is 11.6 Å². The van der Waals surface area contributed by atoms with Crippen molar-refractivity contribution in [3.8, 4) is 0 Å². The van der Waals surface area contributed by atoms with Crippen LogP contribution in [0.25, 0.3) is 0 Å². The predicted octanol–water partition coefficient (Wildman–Crippen LogP) is 2.96. The summed E-state index contributed by atoms with van der Waals surface area (Å²) in [6.45, 7) is 1.70. The number of aliphatic imine (C=N–C) groups is 1. The number of halogens is 3. The van der Waals surface area contributed by atoms with Gasteiger partial charge in [0.05, 0.1) is 5.02 Å². The van der Waals surface area contributed by atoms with Crippen molar-refractivity contribution in [2.75, 3.05) is 25.0 Å². The molecule has 1 aromatic heterocycles.